The molecular formula is C18H28N4O3. The minimum absolute atomic E-state index is 0.196. The summed E-state index contributed by atoms with van der Waals surface area (Å²) in [5, 5.41) is 2.88. The molecule has 2 aliphatic rings. The number of hydrogen-bond acceptors (Lipinski definition) is 5. The van der Waals surface area contributed by atoms with E-state index in [-0.39, 0.29) is 11.8 Å². The minimum Gasteiger partial charge on any atom is -0.448 e. The zero-order valence-electron chi connectivity index (χ0n) is 15.0. The average Bonchev–Trinajstić information content (AvgIpc) is 3.33. The second-order valence-electron chi connectivity index (χ2n) is 6.88. The Kier molecular flexibility index (Phi) is 6.07. The number of carbonyl (C=O) groups is 2. The van der Waals surface area contributed by atoms with Gasteiger partial charge in [0.25, 0.3) is 5.91 Å². The molecule has 0 unspecified atom stereocenters. The lowest BCUT2D eigenvalue weighted by Gasteiger charge is -2.36. The van der Waals surface area contributed by atoms with Crippen LogP contribution >= 0.6 is 0 Å². The average molecular weight is 348 g/mol. The molecule has 2 fully saturated rings. The Morgan fingerprint density at radius 2 is 1.96 bits per heavy atom. The number of amides is 2. The highest BCUT2D eigenvalue weighted by atomic mass is 16.3. The predicted molar refractivity (Wildman–Crippen MR) is 93.2 cm³/mol. The van der Waals surface area contributed by atoms with Crippen LogP contribution < -0.4 is 5.32 Å². The summed E-state index contributed by atoms with van der Waals surface area (Å²) < 4.78 is 5.19. The highest BCUT2D eigenvalue weighted by molar-refractivity contribution is 5.91. The van der Waals surface area contributed by atoms with Gasteiger partial charge in [-0.25, -0.2) is 4.98 Å². The number of nitrogens with one attached hydrogen (secondary N) is 1. The standard InChI is InChI=1S/C18H28N4O3/c1-2-16-20-15(13-25-16)17(23)19-7-8-21-9-11-22(12-10-21)18(24)14-5-3-4-6-14/h13-14H,2-12H2,1H3,(H,19,23). The number of aryl methyl sites for hydroxylation is 1. The van der Waals surface area contributed by atoms with Gasteiger partial charge in [-0.3, -0.25) is 14.5 Å². The van der Waals surface area contributed by atoms with Crippen LogP contribution in [0.1, 0.15) is 49.0 Å². The van der Waals surface area contributed by atoms with E-state index in [1.807, 2.05) is 11.8 Å². The van der Waals surface area contributed by atoms with Gasteiger partial charge in [-0.2, -0.15) is 0 Å². The number of aromatic nitrogens is 1. The second kappa shape index (κ2) is 8.47. The summed E-state index contributed by atoms with van der Waals surface area (Å²) in [5.74, 6) is 0.997. The highest BCUT2D eigenvalue weighted by Crippen LogP contribution is 2.26. The fourth-order valence-electron chi connectivity index (χ4n) is 3.62. The molecule has 1 aliphatic heterocycles. The smallest absolute Gasteiger partial charge is 0.273 e. The van der Waals surface area contributed by atoms with Crippen molar-refractivity contribution in [3.8, 4) is 0 Å². The van der Waals surface area contributed by atoms with Crippen molar-refractivity contribution in [3.63, 3.8) is 0 Å². The van der Waals surface area contributed by atoms with E-state index in [1.54, 1.807) is 0 Å². The Morgan fingerprint density at radius 3 is 2.60 bits per heavy atom. The number of hydrogen-bond donors (Lipinski definition) is 1. The number of oxazole rings is 1. The molecule has 1 saturated carbocycles. The highest BCUT2D eigenvalue weighted by Gasteiger charge is 2.29. The van der Waals surface area contributed by atoms with Crippen molar-refractivity contribution in [2.75, 3.05) is 39.3 Å². The van der Waals surface area contributed by atoms with Gasteiger partial charge < -0.3 is 14.6 Å². The van der Waals surface area contributed by atoms with Crippen molar-refractivity contribution >= 4 is 11.8 Å². The molecule has 25 heavy (non-hydrogen) atoms. The van der Waals surface area contributed by atoms with Gasteiger partial charge in [0, 0.05) is 51.6 Å². The van der Waals surface area contributed by atoms with Crippen molar-refractivity contribution in [3.05, 3.63) is 17.8 Å². The largest absolute Gasteiger partial charge is 0.448 e. The Morgan fingerprint density at radius 1 is 1.24 bits per heavy atom. The van der Waals surface area contributed by atoms with Crippen LogP contribution in [0.15, 0.2) is 10.7 Å². The molecule has 0 aromatic carbocycles. The van der Waals surface area contributed by atoms with E-state index < -0.39 is 0 Å². The van der Waals surface area contributed by atoms with Crippen LogP contribution in [0.25, 0.3) is 0 Å². The Hall–Kier alpha value is -1.89. The number of nitrogens with zero attached hydrogens (tertiary/aromatic N) is 3. The molecule has 2 amide bonds. The molecule has 1 aromatic heterocycles. The van der Waals surface area contributed by atoms with E-state index in [9.17, 15) is 9.59 Å². The van der Waals surface area contributed by atoms with Gasteiger partial charge in [-0.1, -0.05) is 19.8 Å². The van der Waals surface area contributed by atoms with E-state index >= 15 is 0 Å². The first-order chi connectivity index (χ1) is 12.2. The van der Waals surface area contributed by atoms with Crippen molar-refractivity contribution in [1.29, 1.82) is 0 Å². The summed E-state index contributed by atoms with van der Waals surface area (Å²) in [6.07, 6.45) is 6.60. The van der Waals surface area contributed by atoms with Crippen molar-refractivity contribution in [1.82, 2.24) is 20.1 Å². The summed E-state index contributed by atoms with van der Waals surface area (Å²) >= 11 is 0. The van der Waals surface area contributed by atoms with Crippen LogP contribution in [-0.4, -0.2) is 65.9 Å². The van der Waals surface area contributed by atoms with E-state index in [4.69, 9.17) is 4.42 Å². The third kappa shape index (κ3) is 4.60. The van der Waals surface area contributed by atoms with E-state index in [2.05, 4.69) is 15.2 Å². The molecule has 7 nitrogen and oxygen atoms in total. The predicted octanol–water partition coefficient (Wildman–Crippen LogP) is 1.30. The quantitative estimate of drug-likeness (QED) is 0.838. The molecular weight excluding hydrogens is 320 g/mol. The van der Waals surface area contributed by atoms with E-state index in [1.165, 1.54) is 19.1 Å². The Bertz CT molecular complexity index is 587. The van der Waals surface area contributed by atoms with Crippen molar-refractivity contribution < 1.29 is 14.0 Å². The summed E-state index contributed by atoms with van der Waals surface area (Å²) in [7, 11) is 0. The van der Waals surface area contributed by atoms with Crippen molar-refractivity contribution in [2.45, 2.75) is 39.0 Å². The maximum atomic E-state index is 12.4. The molecule has 0 bridgehead atoms. The van der Waals surface area contributed by atoms with Crippen LogP contribution in [0.5, 0.6) is 0 Å². The lowest BCUT2D eigenvalue weighted by molar-refractivity contribution is -0.137. The van der Waals surface area contributed by atoms with Gasteiger partial charge in [0.2, 0.25) is 5.91 Å². The minimum atomic E-state index is -0.196. The summed E-state index contributed by atoms with van der Waals surface area (Å²) in [5.41, 5.74) is 0.337. The number of piperazine rings is 1. The molecule has 1 aromatic rings. The van der Waals surface area contributed by atoms with Crippen molar-refractivity contribution in [2.24, 2.45) is 5.92 Å². The van der Waals surface area contributed by atoms with Gasteiger partial charge >= 0.3 is 0 Å². The zero-order chi connectivity index (χ0) is 17.6. The number of carbonyl (C=O) groups excluding carboxylic acids is 2. The van der Waals surface area contributed by atoms with Gasteiger partial charge in [0.1, 0.15) is 6.26 Å². The molecule has 1 saturated heterocycles. The third-order valence-electron chi connectivity index (χ3n) is 5.19. The SMILES string of the molecule is CCc1nc(C(=O)NCCN2CCN(C(=O)C3CCCC3)CC2)co1. The summed E-state index contributed by atoms with van der Waals surface area (Å²) in [6.45, 7) is 6.64. The first kappa shape index (κ1) is 17.9. The van der Waals surface area contributed by atoms with Crippen LogP contribution in [-0.2, 0) is 11.2 Å². The summed E-state index contributed by atoms with van der Waals surface area (Å²) in [4.78, 5) is 32.9. The Labute approximate surface area is 148 Å². The Balaban J connectivity index is 1.35. The number of rotatable bonds is 6. The molecule has 1 N–H and O–H groups in total. The molecule has 138 valence electrons. The lowest BCUT2D eigenvalue weighted by atomic mass is 10.1. The fourth-order valence-corrected chi connectivity index (χ4v) is 3.62. The zero-order valence-corrected chi connectivity index (χ0v) is 15.0. The molecule has 2 heterocycles. The fraction of sp³-hybridized carbons (Fsp3) is 0.722. The van der Waals surface area contributed by atoms with Gasteiger partial charge in [0.05, 0.1) is 0 Å². The first-order valence-corrected chi connectivity index (χ1v) is 9.41. The topological polar surface area (TPSA) is 78.7 Å². The molecule has 0 radical (unpaired) electrons. The lowest BCUT2D eigenvalue weighted by Crippen LogP contribution is -2.51. The van der Waals surface area contributed by atoms with Crippen LogP contribution in [0.3, 0.4) is 0 Å². The third-order valence-corrected chi connectivity index (χ3v) is 5.19. The van der Waals surface area contributed by atoms with Gasteiger partial charge in [-0.05, 0) is 12.8 Å². The first-order valence-electron chi connectivity index (χ1n) is 9.41. The molecule has 3 rings (SSSR count). The van der Waals surface area contributed by atoms with Crippen LogP contribution in [0.4, 0.5) is 0 Å². The van der Waals surface area contributed by atoms with E-state index in [0.29, 0.717) is 30.5 Å². The van der Waals surface area contributed by atoms with Gasteiger partial charge in [0.15, 0.2) is 11.6 Å². The summed E-state index contributed by atoms with van der Waals surface area (Å²) in [6, 6.07) is 0. The molecule has 7 heteroatoms. The maximum Gasteiger partial charge on any atom is 0.273 e. The van der Waals surface area contributed by atoms with Crippen LogP contribution in [0, 0.1) is 5.92 Å². The molecule has 0 spiro atoms. The molecule has 0 atom stereocenters. The second-order valence-corrected chi connectivity index (χ2v) is 6.88. The maximum absolute atomic E-state index is 12.4. The monoisotopic (exact) mass is 348 g/mol. The van der Waals surface area contributed by atoms with Gasteiger partial charge in [-0.15, -0.1) is 0 Å². The van der Waals surface area contributed by atoms with Crippen LogP contribution in [0.2, 0.25) is 0 Å². The normalized spacial score (nSPS) is 19.3. The molecule has 1 aliphatic carbocycles. The van der Waals surface area contributed by atoms with E-state index in [0.717, 1.165) is 45.6 Å².